The number of methoxy groups -OCH3 is 1. The molecule has 7 heteroatoms. The van der Waals surface area contributed by atoms with E-state index in [0.29, 0.717) is 22.2 Å². The van der Waals surface area contributed by atoms with Crippen molar-refractivity contribution >= 4 is 29.2 Å². The lowest BCUT2D eigenvalue weighted by atomic mass is 10.3. The number of nitrogens with zero attached hydrogens (tertiary/aromatic N) is 2. The molecule has 1 aromatic carbocycles. The van der Waals surface area contributed by atoms with Crippen molar-refractivity contribution in [3.63, 3.8) is 0 Å². The Morgan fingerprint density at radius 1 is 1.35 bits per heavy atom. The van der Waals surface area contributed by atoms with Gasteiger partial charge in [-0.25, -0.2) is 14.8 Å². The zero-order valence-corrected chi connectivity index (χ0v) is 11.6. The second-order valence-electron chi connectivity index (χ2n) is 3.99. The number of carboxylic acids is 1. The zero-order valence-electron chi connectivity index (χ0n) is 10.8. The zero-order chi connectivity index (χ0) is 14.7. The number of anilines is 2. The van der Waals surface area contributed by atoms with Crippen LogP contribution in [-0.4, -0.2) is 28.2 Å². The van der Waals surface area contributed by atoms with Crippen LogP contribution in [0.15, 0.2) is 24.3 Å². The molecule has 1 heterocycles. The van der Waals surface area contributed by atoms with Gasteiger partial charge in [0.1, 0.15) is 5.75 Å². The number of carboxylic acid groups (broad SMARTS) is 1. The van der Waals surface area contributed by atoms with Crippen molar-refractivity contribution in [1.82, 2.24) is 9.97 Å². The van der Waals surface area contributed by atoms with Gasteiger partial charge in [0.15, 0.2) is 5.69 Å². The predicted molar refractivity (Wildman–Crippen MR) is 75.0 cm³/mol. The van der Waals surface area contributed by atoms with Crippen molar-refractivity contribution in [2.45, 2.75) is 6.92 Å². The average molecular weight is 294 g/mol. The second-order valence-corrected chi connectivity index (χ2v) is 4.43. The summed E-state index contributed by atoms with van der Waals surface area (Å²) in [5.41, 5.74) is 1.02. The van der Waals surface area contributed by atoms with Gasteiger partial charge in [-0.05, 0) is 31.2 Å². The fraction of sp³-hybridized carbons (Fsp3) is 0.154. The molecule has 0 fully saturated rings. The van der Waals surface area contributed by atoms with Crippen LogP contribution in [-0.2, 0) is 0 Å². The third kappa shape index (κ3) is 3.16. The number of aromatic nitrogens is 2. The summed E-state index contributed by atoms with van der Waals surface area (Å²) in [5.74, 6) is -0.393. The van der Waals surface area contributed by atoms with Crippen LogP contribution >= 0.6 is 11.6 Å². The summed E-state index contributed by atoms with van der Waals surface area (Å²) in [4.78, 5) is 19.0. The van der Waals surface area contributed by atoms with Crippen LogP contribution in [0.25, 0.3) is 0 Å². The highest BCUT2D eigenvalue weighted by atomic mass is 35.5. The largest absolute Gasteiger partial charge is 0.495 e. The first kappa shape index (κ1) is 14.1. The summed E-state index contributed by atoms with van der Waals surface area (Å²) in [5, 5.41) is 12.4. The Morgan fingerprint density at radius 2 is 2.10 bits per heavy atom. The maximum Gasteiger partial charge on any atom is 0.354 e. The molecule has 2 aromatic rings. The molecule has 0 spiro atoms. The number of carbonyl (C=O) groups is 1. The van der Waals surface area contributed by atoms with E-state index >= 15 is 0 Å². The van der Waals surface area contributed by atoms with Crippen LogP contribution in [0.3, 0.4) is 0 Å². The summed E-state index contributed by atoms with van der Waals surface area (Å²) in [7, 11) is 1.52. The first-order valence-electron chi connectivity index (χ1n) is 5.69. The molecule has 0 aliphatic rings. The molecule has 104 valence electrons. The van der Waals surface area contributed by atoms with E-state index in [9.17, 15) is 4.79 Å². The molecular formula is C13H12ClN3O3. The van der Waals surface area contributed by atoms with E-state index < -0.39 is 5.97 Å². The Bertz CT molecular complexity index is 661. The number of nitrogens with one attached hydrogen (secondary N) is 1. The number of benzene rings is 1. The summed E-state index contributed by atoms with van der Waals surface area (Å²) in [6.07, 6.45) is 0. The molecule has 0 aliphatic heterocycles. The minimum absolute atomic E-state index is 0.0824. The monoisotopic (exact) mass is 293 g/mol. The van der Waals surface area contributed by atoms with Crippen molar-refractivity contribution in [2.24, 2.45) is 0 Å². The normalized spacial score (nSPS) is 10.2. The highest BCUT2D eigenvalue weighted by Gasteiger charge is 2.11. The van der Waals surface area contributed by atoms with E-state index in [1.807, 2.05) is 0 Å². The van der Waals surface area contributed by atoms with Crippen molar-refractivity contribution in [1.29, 1.82) is 0 Å². The van der Waals surface area contributed by atoms with Crippen LogP contribution < -0.4 is 10.1 Å². The molecule has 0 bridgehead atoms. The summed E-state index contributed by atoms with van der Waals surface area (Å²) in [6.45, 7) is 1.69. The molecule has 0 atom stereocenters. The number of halogens is 1. The summed E-state index contributed by atoms with van der Waals surface area (Å²) < 4.78 is 5.19. The Morgan fingerprint density at radius 3 is 2.75 bits per heavy atom. The van der Waals surface area contributed by atoms with Crippen LogP contribution in [0.4, 0.5) is 11.6 Å². The van der Waals surface area contributed by atoms with E-state index in [4.69, 9.17) is 21.4 Å². The van der Waals surface area contributed by atoms with Gasteiger partial charge < -0.3 is 15.2 Å². The van der Waals surface area contributed by atoms with Crippen molar-refractivity contribution in [2.75, 3.05) is 12.4 Å². The van der Waals surface area contributed by atoms with E-state index in [-0.39, 0.29) is 11.6 Å². The van der Waals surface area contributed by atoms with Crippen molar-refractivity contribution in [3.8, 4) is 5.75 Å². The third-order valence-corrected chi connectivity index (χ3v) is 2.72. The lowest BCUT2D eigenvalue weighted by molar-refractivity contribution is 0.0690. The van der Waals surface area contributed by atoms with E-state index in [2.05, 4.69) is 15.3 Å². The molecule has 0 saturated carbocycles. The predicted octanol–water partition coefficient (Wildman–Crippen LogP) is 2.89. The van der Waals surface area contributed by atoms with Gasteiger partial charge in [0.2, 0.25) is 5.95 Å². The van der Waals surface area contributed by atoms with Crippen LogP contribution in [0.1, 0.15) is 16.2 Å². The molecule has 0 unspecified atom stereocenters. The van der Waals surface area contributed by atoms with Gasteiger partial charge in [0, 0.05) is 10.7 Å². The molecule has 20 heavy (non-hydrogen) atoms. The first-order valence-corrected chi connectivity index (χ1v) is 6.07. The molecular weight excluding hydrogens is 282 g/mol. The van der Waals surface area contributed by atoms with Gasteiger partial charge in [0.25, 0.3) is 0 Å². The lowest BCUT2D eigenvalue weighted by Crippen LogP contribution is -2.07. The van der Waals surface area contributed by atoms with E-state index in [1.165, 1.54) is 13.2 Å². The minimum Gasteiger partial charge on any atom is -0.495 e. The molecule has 1 aromatic heterocycles. The van der Waals surface area contributed by atoms with E-state index in [1.54, 1.807) is 25.1 Å². The highest BCUT2D eigenvalue weighted by Crippen LogP contribution is 2.29. The SMILES string of the molecule is COc1ccc(Cl)cc1Nc1nc(C)cc(C(=O)O)n1. The molecule has 0 aliphatic carbocycles. The molecule has 2 N–H and O–H groups in total. The Balaban J connectivity index is 2.39. The van der Waals surface area contributed by atoms with Gasteiger partial charge in [-0.2, -0.15) is 0 Å². The van der Waals surface area contributed by atoms with Gasteiger partial charge >= 0.3 is 5.97 Å². The third-order valence-electron chi connectivity index (χ3n) is 2.48. The number of aryl methyl sites for hydroxylation is 1. The molecule has 0 saturated heterocycles. The molecule has 0 radical (unpaired) electrons. The molecule has 6 nitrogen and oxygen atoms in total. The Kier molecular flexibility index (Phi) is 4.05. The van der Waals surface area contributed by atoms with Crippen LogP contribution in [0.5, 0.6) is 5.75 Å². The fourth-order valence-electron chi connectivity index (χ4n) is 1.63. The van der Waals surface area contributed by atoms with Gasteiger partial charge in [0.05, 0.1) is 12.8 Å². The molecule has 2 rings (SSSR count). The standard InChI is InChI=1S/C13H12ClN3O3/c1-7-5-10(12(18)19)17-13(15-7)16-9-6-8(14)3-4-11(9)20-2/h3-6H,1-2H3,(H,18,19)(H,15,16,17). The maximum absolute atomic E-state index is 11.0. The van der Waals surface area contributed by atoms with Gasteiger partial charge in [-0.1, -0.05) is 11.6 Å². The van der Waals surface area contributed by atoms with Crippen molar-refractivity contribution in [3.05, 3.63) is 40.7 Å². The first-order chi connectivity index (χ1) is 9.49. The van der Waals surface area contributed by atoms with E-state index in [0.717, 1.165) is 0 Å². The minimum atomic E-state index is -1.11. The van der Waals surface area contributed by atoms with Crippen molar-refractivity contribution < 1.29 is 14.6 Å². The number of hydrogen-bond acceptors (Lipinski definition) is 5. The maximum atomic E-state index is 11.0. The number of ether oxygens (including phenoxy) is 1. The number of rotatable bonds is 4. The van der Waals surface area contributed by atoms with Gasteiger partial charge in [-0.15, -0.1) is 0 Å². The molecule has 0 amide bonds. The van der Waals surface area contributed by atoms with Crippen LogP contribution in [0.2, 0.25) is 5.02 Å². The average Bonchev–Trinajstić information content (AvgIpc) is 2.38. The number of hydrogen-bond donors (Lipinski definition) is 2. The summed E-state index contributed by atoms with van der Waals surface area (Å²) >= 11 is 5.92. The van der Waals surface area contributed by atoms with Gasteiger partial charge in [-0.3, -0.25) is 0 Å². The Labute approximate surface area is 120 Å². The lowest BCUT2D eigenvalue weighted by Gasteiger charge is -2.11. The number of aromatic carboxylic acids is 1. The Hall–Kier alpha value is -2.34. The van der Waals surface area contributed by atoms with Crippen LogP contribution in [0, 0.1) is 6.92 Å². The quantitative estimate of drug-likeness (QED) is 0.901. The highest BCUT2D eigenvalue weighted by molar-refractivity contribution is 6.31. The summed E-state index contributed by atoms with van der Waals surface area (Å²) in [6, 6.07) is 6.42. The second kappa shape index (κ2) is 5.75. The fourth-order valence-corrected chi connectivity index (χ4v) is 1.80. The smallest absolute Gasteiger partial charge is 0.354 e. The topological polar surface area (TPSA) is 84.3 Å².